The van der Waals surface area contributed by atoms with Crippen molar-refractivity contribution in [1.82, 2.24) is 0 Å². The maximum absolute atomic E-state index is 12.0. The predicted octanol–water partition coefficient (Wildman–Crippen LogP) is 2.37. The first-order valence-corrected chi connectivity index (χ1v) is 6.84. The van der Waals surface area contributed by atoms with Gasteiger partial charge in [0.05, 0.1) is 5.57 Å². The predicted molar refractivity (Wildman–Crippen MR) is 87.6 cm³/mol. The fourth-order valence-corrected chi connectivity index (χ4v) is 1.89. The molecule has 0 radical (unpaired) electrons. The van der Waals surface area contributed by atoms with Crippen LogP contribution in [0.2, 0.25) is 0 Å². The van der Waals surface area contributed by atoms with E-state index in [4.69, 9.17) is 0 Å². The summed E-state index contributed by atoms with van der Waals surface area (Å²) in [6.07, 6.45) is 4.18. The zero-order valence-corrected chi connectivity index (χ0v) is 12.4. The van der Waals surface area contributed by atoms with E-state index in [1.807, 2.05) is 0 Å². The maximum Gasteiger partial charge on any atom is 0.189 e. The van der Waals surface area contributed by atoms with E-state index in [0.29, 0.717) is 17.4 Å². The van der Waals surface area contributed by atoms with Crippen molar-refractivity contribution >= 4 is 24.2 Å². The third-order valence-corrected chi connectivity index (χ3v) is 3.16. The van der Waals surface area contributed by atoms with Crippen molar-refractivity contribution < 1.29 is 30.0 Å². The van der Waals surface area contributed by atoms with Crippen molar-refractivity contribution in [3.63, 3.8) is 0 Å². The molecule has 24 heavy (non-hydrogen) atoms. The molecular formula is C18H14O6. The van der Waals surface area contributed by atoms with Gasteiger partial charge in [-0.15, -0.1) is 0 Å². The molecule has 0 saturated carbocycles. The Morgan fingerprint density at radius 1 is 0.792 bits per heavy atom. The molecule has 0 aliphatic rings. The highest BCUT2D eigenvalue weighted by molar-refractivity contribution is 6.21. The molecule has 0 saturated heterocycles. The molecule has 2 aromatic carbocycles. The van der Waals surface area contributed by atoms with Gasteiger partial charge in [-0.25, -0.2) is 0 Å². The lowest BCUT2D eigenvalue weighted by Crippen LogP contribution is -1.99. The van der Waals surface area contributed by atoms with Crippen LogP contribution in [0.1, 0.15) is 11.1 Å². The highest BCUT2D eigenvalue weighted by Gasteiger charge is 2.07. The van der Waals surface area contributed by atoms with Crippen molar-refractivity contribution in [2.45, 2.75) is 0 Å². The van der Waals surface area contributed by atoms with Gasteiger partial charge in [-0.05, 0) is 47.5 Å². The molecule has 0 atom stereocenters. The lowest BCUT2D eigenvalue weighted by molar-refractivity contribution is -0.113. The Morgan fingerprint density at radius 2 is 1.33 bits per heavy atom. The molecule has 0 aliphatic carbocycles. The number of aromatic hydroxyl groups is 4. The number of benzene rings is 2. The van der Waals surface area contributed by atoms with E-state index in [9.17, 15) is 30.0 Å². The number of carbonyl (C=O) groups is 2. The number of carbonyl (C=O) groups excluding carboxylic acids is 2. The van der Waals surface area contributed by atoms with Crippen LogP contribution >= 0.6 is 0 Å². The Morgan fingerprint density at radius 3 is 1.88 bits per heavy atom. The van der Waals surface area contributed by atoms with Gasteiger partial charge in [0.2, 0.25) is 0 Å². The molecule has 6 nitrogen and oxygen atoms in total. The number of hydrogen-bond acceptors (Lipinski definition) is 6. The average Bonchev–Trinajstić information content (AvgIpc) is 2.56. The molecule has 0 heterocycles. The lowest BCUT2D eigenvalue weighted by atomic mass is 10.1. The van der Waals surface area contributed by atoms with Gasteiger partial charge in [-0.3, -0.25) is 9.59 Å². The SMILES string of the molecule is O=CC(=Cc1ccc(O)c(O)c1)C(=O)C=Cc1ccc(O)c(O)c1. The molecule has 0 spiro atoms. The Bertz CT molecular complexity index is 849. The van der Waals surface area contributed by atoms with E-state index >= 15 is 0 Å². The second-order valence-corrected chi connectivity index (χ2v) is 4.91. The summed E-state index contributed by atoms with van der Waals surface area (Å²) in [5.74, 6) is -1.85. The number of rotatable bonds is 5. The minimum absolute atomic E-state index is 0.153. The quantitative estimate of drug-likeness (QED) is 0.220. The summed E-state index contributed by atoms with van der Waals surface area (Å²) in [5, 5.41) is 37.3. The fraction of sp³-hybridized carbons (Fsp3) is 0. The van der Waals surface area contributed by atoms with Crippen LogP contribution in [0.3, 0.4) is 0 Å². The van der Waals surface area contributed by atoms with Crippen molar-refractivity contribution in [2.24, 2.45) is 0 Å². The summed E-state index contributed by atoms with van der Waals surface area (Å²) in [6, 6.07) is 7.92. The molecule has 0 amide bonds. The van der Waals surface area contributed by atoms with Gasteiger partial charge in [0.1, 0.15) is 0 Å². The summed E-state index contributed by atoms with van der Waals surface area (Å²) in [7, 11) is 0. The largest absolute Gasteiger partial charge is 0.504 e. The van der Waals surface area contributed by atoms with Crippen LogP contribution in [0.4, 0.5) is 0 Å². The van der Waals surface area contributed by atoms with E-state index in [2.05, 4.69) is 0 Å². The van der Waals surface area contributed by atoms with Gasteiger partial charge < -0.3 is 20.4 Å². The molecule has 4 N–H and O–H groups in total. The molecule has 0 bridgehead atoms. The van der Waals surface area contributed by atoms with Gasteiger partial charge in [0, 0.05) is 0 Å². The third-order valence-electron chi connectivity index (χ3n) is 3.16. The molecule has 2 aromatic rings. The van der Waals surface area contributed by atoms with Gasteiger partial charge in [-0.1, -0.05) is 18.2 Å². The Labute approximate surface area is 137 Å². The molecule has 6 heteroatoms. The van der Waals surface area contributed by atoms with Crippen LogP contribution in [-0.2, 0) is 9.59 Å². The van der Waals surface area contributed by atoms with Crippen molar-refractivity contribution in [1.29, 1.82) is 0 Å². The highest BCUT2D eigenvalue weighted by atomic mass is 16.3. The number of aldehydes is 1. The van der Waals surface area contributed by atoms with Crippen LogP contribution < -0.4 is 0 Å². The number of phenolic OH excluding ortho intramolecular Hbond substituents is 4. The molecule has 0 unspecified atom stereocenters. The average molecular weight is 326 g/mol. The normalized spacial score (nSPS) is 11.6. The van der Waals surface area contributed by atoms with Crippen LogP contribution in [0.25, 0.3) is 12.2 Å². The first-order chi connectivity index (χ1) is 11.4. The smallest absolute Gasteiger partial charge is 0.189 e. The van der Waals surface area contributed by atoms with E-state index in [1.165, 1.54) is 48.6 Å². The Hall–Kier alpha value is -3.54. The summed E-state index contributed by atoms with van der Waals surface area (Å²) in [5.41, 5.74) is 0.682. The van der Waals surface area contributed by atoms with Crippen molar-refractivity contribution in [2.75, 3.05) is 0 Å². The van der Waals surface area contributed by atoms with Gasteiger partial charge in [-0.2, -0.15) is 0 Å². The van der Waals surface area contributed by atoms with Crippen LogP contribution in [0.5, 0.6) is 23.0 Å². The van der Waals surface area contributed by atoms with Gasteiger partial charge in [0.15, 0.2) is 35.1 Å². The number of hydrogen-bond donors (Lipinski definition) is 4. The second-order valence-electron chi connectivity index (χ2n) is 4.91. The molecular weight excluding hydrogens is 312 g/mol. The minimum Gasteiger partial charge on any atom is -0.504 e. The van der Waals surface area contributed by atoms with E-state index < -0.39 is 5.78 Å². The van der Waals surface area contributed by atoms with Crippen LogP contribution in [0, 0.1) is 0 Å². The Kier molecular flexibility index (Phi) is 5.01. The monoisotopic (exact) mass is 326 g/mol. The molecule has 2 rings (SSSR count). The van der Waals surface area contributed by atoms with Gasteiger partial charge in [0.25, 0.3) is 0 Å². The summed E-state index contributed by atoms with van der Waals surface area (Å²) in [6.45, 7) is 0. The number of allylic oxidation sites excluding steroid dienone is 2. The minimum atomic E-state index is -0.579. The standard InChI is InChI=1S/C18H14O6/c19-10-13(7-12-3-6-16(22)18(24)9-12)14(20)4-1-11-2-5-15(21)17(23)8-11/h1-10,21-24H. The fourth-order valence-electron chi connectivity index (χ4n) is 1.89. The van der Waals surface area contributed by atoms with E-state index in [1.54, 1.807) is 0 Å². The van der Waals surface area contributed by atoms with Crippen molar-refractivity contribution in [3.05, 3.63) is 59.2 Å². The highest BCUT2D eigenvalue weighted by Crippen LogP contribution is 2.26. The van der Waals surface area contributed by atoms with Crippen molar-refractivity contribution in [3.8, 4) is 23.0 Å². The molecule has 122 valence electrons. The summed E-state index contributed by atoms with van der Waals surface area (Å²) >= 11 is 0. The van der Waals surface area contributed by atoms with Crippen LogP contribution in [-0.4, -0.2) is 32.5 Å². The van der Waals surface area contributed by atoms with E-state index in [-0.39, 0.29) is 28.6 Å². The zero-order chi connectivity index (χ0) is 17.7. The summed E-state index contributed by atoms with van der Waals surface area (Å²) in [4.78, 5) is 23.2. The zero-order valence-electron chi connectivity index (χ0n) is 12.4. The molecule has 0 fully saturated rings. The maximum atomic E-state index is 12.0. The molecule has 0 aromatic heterocycles. The topological polar surface area (TPSA) is 115 Å². The van der Waals surface area contributed by atoms with E-state index in [0.717, 1.165) is 6.08 Å². The number of phenols is 4. The Balaban J connectivity index is 2.23. The third kappa shape index (κ3) is 4.01. The van der Waals surface area contributed by atoms with Crippen LogP contribution in [0.15, 0.2) is 48.0 Å². The molecule has 0 aliphatic heterocycles. The second kappa shape index (κ2) is 7.15. The lowest BCUT2D eigenvalue weighted by Gasteiger charge is -2.00. The summed E-state index contributed by atoms with van der Waals surface area (Å²) < 4.78 is 0. The number of ketones is 1. The first kappa shape index (κ1) is 16.8. The van der Waals surface area contributed by atoms with Gasteiger partial charge >= 0.3 is 0 Å². The first-order valence-electron chi connectivity index (χ1n) is 6.84.